The molecule has 0 spiro atoms. The van der Waals surface area contributed by atoms with Crippen LogP contribution >= 0.6 is 0 Å². The van der Waals surface area contributed by atoms with Gasteiger partial charge < -0.3 is 9.47 Å². The van der Waals surface area contributed by atoms with E-state index in [4.69, 9.17) is 9.47 Å². The zero-order valence-corrected chi connectivity index (χ0v) is 11.5. The molecule has 17 heavy (non-hydrogen) atoms. The first-order valence-electron chi connectivity index (χ1n) is 7.66. The standard InChI is InChI=1S/C15H28O2/c1-3-8-12-14(16-12)10-6-5-7-11-15-13(17-15)9-4-2/h12-15H,3-11H2,1-2H3/t12-,13?,14?,15?/m1/s1. The van der Waals surface area contributed by atoms with Gasteiger partial charge >= 0.3 is 0 Å². The molecular weight excluding hydrogens is 212 g/mol. The summed E-state index contributed by atoms with van der Waals surface area (Å²) in [5.74, 6) is 0. The number of epoxide rings is 2. The van der Waals surface area contributed by atoms with Gasteiger partial charge in [-0.1, -0.05) is 46.0 Å². The molecule has 0 aliphatic carbocycles. The Labute approximate surface area is 106 Å². The van der Waals surface area contributed by atoms with E-state index in [9.17, 15) is 0 Å². The molecule has 100 valence electrons. The predicted molar refractivity (Wildman–Crippen MR) is 70.2 cm³/mol. The molecule has 4 atom stereocenters. The summed E-state index contributed by atoms with van der Waals surface area (Å²) in [5.41, 5.74) is 0. The lowest BCUT2D eigenvalue weighted by Gasteiger charge is -1.98. The first-order chi connectivity index (χ1) is 8.35. The summed E-state index contributed by atoms with van der Waals surface area (Å²) in [7, 11) is 0. The maximum atomic E-state index is 5.62. The summed E-state index contributed by atoms with van der Waals surface area (Å²) >= 11 is 0. The maximum Gasteiger partial charge on any atom is 0.0841 e. The van der Waals surface area contributed by atoms with Gasteiger partial charge in [0.1, 0.15) is 0 Å². The van der Waals surface area contributed by atoms with Crippen molar-refractivity contribution in [3.05, 3.63) is 0 Å². The molecule has 0 N–H and O–H groups in total. The highest BCUT2D eigenvalue weighted by Gasteiger charge is 2.37. The first kappa shape index (κ1) is 13.4. The van der Waals surface area contributed by atoms with Gasteiger partial charge in [0.2, 0.25) is 0 Å². The molecule has 0 saturated carbocycles. The van der Waals surface area contributed by atoms with Gasteiger partial charge in [-0.3, -0.25) is 0 Å². The SMILES string of the molecule is CCCC1OC1CCCCCC1O[C@@H]1CCC. The molecule has 2 nitrogen and oxygen atoms in total. The minimum atomic E-state index is 0.611. The van der Waals surface area contributed by atoms with Crippen LogP contribution in [0.1, 0.15) is 71.6 Å². The summed E-state index contributed by atoms with van der Waals surface area (Å²) in [6.45, 7) is 4.47. The van der Waals surface area contributed by atoms with Crippen LogP contribution in [0.25, 0.3) is 0 Å². The second kappa shape index (κ2) is 6.75. The van der Waals surface area contributed by atoms with E-state index in [1.54, 1.807) is 0 Å². The van der Waals surface area contributed by atoms with Crippen LogP contribution in [0, 0.1) is 0 Å². The van der Waals surface area contributed by atoms with E-state index in [1.165, 1.54) is 57.8 Å². The molecule has 0 amide bonds. The van der Waals surface area contributed by atoms with Crippen molar-refractivity contribution in [3.8, 4) is 0 Å². The van der Waals surface area contributed by atoms with E-state index >= 15 is 0 Å². The van der Waals surface area contributed by atoms with Gasteiger partial charge in [0, 0.05) is 0 Å². The van der Waals surface area contributed by atoms with Gasteiger partial charge in [0.25, 0.3) is 0 Å². The second-order valence-electron chi connectivity index (χ2n) is 5.64. The van der Waals surface area contributed by atoms with E-state index < -0.39 is 0 Å². The van der Waals surface area contributed by atoms with Crippen LogP contribution in [0.4, 0.5) is 0 Å². The van der Waals surface area contributed by atoms with Crippen molar-refractivity contribution in [1.82, 2.24) is 0 Å². The topological polar surface area (TPSA) is 25.1 Å². The number of ether oxygens (including phenoxy) is 2. The summed E-state index contributed by atoms with van der Waals surface area (Å²) < 4.78 is 11.2. The fourth-order valence-corrected chi connectivity index (χ4v) is 2.81. The van der Waals surface area contributed by atoms with Crippen LogP contribution in [-0.4, -0.2) is 24.4 Å². The molecule has 0 radical (unpaired) electrons. The van der Waals surface area contributed by atoms with Crippen LogP contribution in [-0.2, 0) is 9.47 Å². The zero-order valence-electron chi connectivity index (χ0n) is 11.5. The Morgan fingerprint density at radius 2 is 1.00 bits per heavy atom. The third-order valence-corrected chi connectivity index (χ3v) is 4.00. The van der Waals surface area contributed by atoms with E-state index in [0.717, 1.165) is 0 Å². The highest BCUT2D eigenvalue weighted by Crippen LogP contribution is 2.33. The van der Waals surface area contributed by atoms with Crippen LogP contribution in [0.2, 0.25) is 0 Å². The number of hydrogen-bond acceptors (Lipinski definition) is 2. The molecule has 0 aromatic carbocycles. The van der Waals surface area contributed by atoms with Crippen molar-refractivity contribution in [3.63, 3.8) is 0 Å². The normalized spacial score (nSPS) is 34.9. The van der Waals surface area contributed by atoms with Gasteiger partial charge in [0.05, 0.1) is 24.4 Å². The summed E-state index contributed by atoms with van der Waals surface area (Å²) in [4.78, 5) is 0. The lowest BCUT2D eigenvalue weighted by molar-refractivity contribution is 0.344. The molecule has 2 rings (SSSR count). The summed E-state index contributed by atoms with van der Waals surface area (Å²) in [6, 6.07) is 0. The number of unbranched alkanes of at least 4 members (excludes halogenated alkanes) is 2. The average molecular weight is 240 g/mol. The van der Waals surface area contributed by atoms with Gasteiger partial charge in [-0.15, -0.1) is 0 Å². The van der Waals surface area contributed by atoms with E-state index in [-0.39, 0.29) is 0 Å². The minimum Gasteiger partial charge on any atom is -0.370 e. The maximum absolute atomic E-state index is 5.62. The Kier molecular flexibility index (Phi) is 5.30. The molecule has 2 saturated heterocycles. The molecule has 2 heterocycles. The highest BCUT2D eigenvalue weighted by atomic mass is 16.6. The minimum absolute atomic E-state index is 0.611. The van der Waals surface area contributed by atoms with E-state index in [1.807, 2.05) is 0 Å². The third-order valence-electron chi connectivity index (χ3n) is 4.00. The van der Waals surface area contributed by atoms with Gasteiger partial charge in [-0.25, -0.2) is 0 Å². The van der Waals surface area contributed by atoms with Crippen LogP contribution in [0.5, 0.6) is 0 Å². The quantitative estimate of drug-likeness (QED) is 0.425. The fraction of sp³-hybridized carbons (Fsp3) is 1.00. The summed E-state index contributed by atoms with van der Waals surface area (Å²) in [5, 5.41) is 0. The second-order valence-corrected chi connectivity index (χ2v) is 5.64. The van der Waals surface area contributed by atoms with Crippen molar-refractivity contribution >= 4 is 0 Å². The van der Waals surface area contributed by atoms with E-state index in [0.29, 0.717) is 24.4 Å². The lowest BCUT2D eigenvalue weighted by Crippen LogP contribution is -1.95. The molecule has 3 unspecified atom stereocenters. The molecule has 2 aliphatic heterocycles. The molecular formula is C15H28O2. The van der Waals surface area contributed by atoms with Crippen molar-refractivity contribution in [2.45, 2.75) is 96.1 Å². The Morgan fingerprint density at radius 1 is 0.588 bits per heavy atom. The Hall–Kier alpha value is -0.0800. The summed E-state index contributed by atoms with van der Waals surface area (Å²) in [6.07, 6.45) is 14.1. The first-order valence-corrected chi connectivity index (χ1v) is 7.66. The Balaban J connectivity index is 1.36. The Morgan fingerprint density at radius 3 is 1.41 bits per heavy atom. The van der Waals surface area contributed by atoms with Gasteiger partial charge in [0.15, 0.2) is 0 Å². The van der Waals surface area contributed by atoms with Crippen molar-refractivity contribution in [2.24, 2.45) is 0 Å². The predicted octanol–water partition coefficient (Wildman–Crippen LogP) is 4.07. The third kappa shape index (κ3) is 4.59. The van der Waals surface area contributed by atoms with Crippen molar-refractivity contribution < 1.29 is 9.47 Å². The monoisotopic (exact) mass is 240 g/mol. The van der Waals surface area contributed by atoms with Crippen molar-refractivity contribution in [1.29, 1.82) is 0 Å². The van der Waals surface area contributed by atoms with Crippen LogP contribution in [0.3, 0.4) is 0 Å². The van der Waals surface area contributed by atoms with Crippen LogP contribution in [0.15, 0.2) is 0 Å². The molecule has 0 bridgehead atoms. The van der Waals surface area contributed by atoms with Gasteiger partial charge in [-0.05, 0) is 25.7 Å². The highest BCUT2D eigenvalue weighted by molar-refractivity contribution is 4.85. The molecule has 2 heteroatoms. The van der Waals surface area contributed by atoms with E-state index in [2.05, 4.69) is 13.8 Å². The number of hydrogen-bond donors (Lipinski definition) is 0. The lowest BCUT2D eigenvalue weighted by atomic mass is 10.0. The molecule has 2 aliphatic rings. The largest absolute Gasteiger partial charge is 0.370 e. The smallest absolute Gasteiger partial charge is 0.0841 e. The zero-order chi connectivity index (χ0) is 12.1. The fourth-order valence-electron chi connectivity index (χ4n) is 2.81. The molecule has 0 aromatic heterocycles. The number of rotatable bonds is 10. The van der Waals surface area contributed by atoms with Crippen molar-refractivity contribution in [2.75, 3.05) is 0 Å². The Bertz CT molecular complexity index is 195. The van der Waals surface area contributed by atoms with Crippen LogP contribution < -0.4 is 0 Å². The average Bonchev–Trinajstić information content (AvgIpc) is 3.19. The van der Waals surface area contributed by atoms with Gasteiger partial charge in [-0.2, -0.15) is 0 Å². The molecule has 2 fully saturated rings. The molecule has 0 aromatic rings.